The minimum Gasteiger partial charge on any atom is -0.482 e. The first kappa shape index (κ1) is 15.1. The number of aryl methyl sites for hydroxylation is 1. The summed E-state index contributed by atoms with van der Waals surface area (Å²) in [5.41, 5.74) is 3.48. The van der Waals surface area contributed by atoms with Crippen molar-refractivity contribution in [1.82, 2.24) is 25.5 Å². The summed E-state index contributed by atoms with van der Waals surface area (Å²) in [6.07, 6.45) is 1.34. The van der Waals surface area contributed by atoms with Crippen LogP contribution in [0.15, 0.2) is 24.5 Å². The summed E-state index contributed by atoms with van der Waals surface area (Å²) < 4.78 is 5.31. The van der Waals surface area contributed by atoms with Crippen molar-refractivity contribution in [3.63, 3.8) is 0 Å². The number of amides is 2. The summed E-state index contributed by atoms with van der Waals surface area (Å²) in [4.78, 5) is 32.0. The van der Waals surface area contributed by atoms with Gasteiger partial charge in [0.2, 0.25) is 0 Å². The van der Waals surface area contributed by atoms with Gasteiger partial charge in [-0.2, -0.15) is 5.10 Å². The summed E-state index contributed by atoms with van der Waals surface area (Å²) in [5.74, 6) is 0.0702. The van der Waals surface area contributed by atoms with Crippen molar-refractivity contribution in [3.8, 4) is 5.75 Å². The van der Waals surface area contributed by atoms with Crippen molar-refractivity contribution in [2.24, 2.45) is 0 Å². The molecule has 3 N–H and O–H groups in total. The molecule has 2 amide bonds. The maximum atomic E-state index is 12.4. The molecule has 0 aliphatic carbocycles. The van der Waals surface area contributed by atoms with Gasteiger partial charge in [0.1, 0.15) is 23.1 Å². The van der Waals surface area contributed by atoms with Gasteiger partial charge in [-0.05, 0) is 24.6 Å². The van der Waals surface area contributed by atoms with Gasteiger partial charge in [0.25, 0.3) is 11.8 Å². The van der Waals surface area contributed by atoms with Crippen LogP contribution in [0.25, 0.3) is 11.0 Å². The third-order valence-corrected chi connectivity index (χ3v) is 3.87. The van der Waals surface area contributed by atoms with Crippen molar-refractivity contribution in [3.05, 3.63) is 41.5 Å². The fourth-order valence-electron chi connectivity index (χ4n) is 2.64. The quantitative estimate of drug-likeness (QED) is 0.653. The smallest absolute Gasteiger partial charge is 0.272 e. The molecule has 25 heavy (non-hydrogen) atoms. The molecule has 0 spiro atoms. The highest BCUT2D eigenvalue weighted by Crippen LogP contribution is 2.28. The lowest BCUT2D eigenvalue weighted by atomic mass is 10.1. The monoisotopic (exact) mass is 338 g/mol. The minimum atomic E-state index is -0.339. The van der Waals surface area contributed by atoms with Crippen LogP contribution in [0.5, 0.6) is 5.75 Å². The van der Waals surface area contributed by atoms with Gasteiger partial charge in [-0.3, -0.25) is 14.7 Å². The molecular weight excluding hydrogens is 324 g/mol. The molecule has 0 unspecified atom stereocenters. The molecule has 0 bridgehead atoms. The number of rotatable bonds is 3. The van der Waals surface area contributed by atoms with Crippen molar-refractivity contribution < 1.29 is 14.3 Å². The third kappa shape index (κ3) is 2.75. The van der Waals surface area contributed by atoms with Gasteiger partial charge in [-0.1, -0.05) is 6.07 Å². The van der Waals surface area contributed by atoms with E-state index in [0.29, 0.717) is 28.2 Å². The second kappa shape index (κ2) is 5.86. The molecule has 0 fully saturated rings. The Kier molecular flexibility index (Phi) is 3.53. The molecule has 9 heteroatoms. The summed E-state index contributed by atoms with van der Waals surface area (Å²) in [7, 11) is 0. The molecule has 0 saturated carbocycles. The van der Waals surface area contributed by atoms with E-state index in [1.807, 2.05) is 6.07 Å². The zero-order valence-electron chi connectivity index (χ0n) is 13.3. The van der Waals surface area contributed by atoms with E-state index in [-0.39, 0.29) is 30.7 Å². The highest BCUT2D eigenvalue weighted by Gasteiger charge is 2.18. The van der Waals surface area contributed by atoms with E-state index < -0.39 is 0 Å². The van der Waals surface area contributed by atoms with E-state index in [1.54, 1.807) is 19.1 Å². The Labute approximate surface area is 141 Å². The van der Waals surface area contributed by atoms with Crippen LogP contribution in [-0.2, 0) is 11.3 Å². The van der Waals surface area contributed by atoms with Gasteiger partial charge in [-0.15, -0.1) is 0 Å². The average molecular weight is 338 g/mol. The predicted octanol–water partition coefficient (Wildman–Crippen LogP) is 0.922. The number of fused-ring (bicyclic) bond motifs is 2. The number of carbonyl (C=O) groups is 2. The standard InChI is InChI=1S/C16H14N6O3/c1-8-13-14(22-21-8)15(19-7-18-13)16(24)17-5-9-2-3-11-10(4-9)20-12(23)6-25-11/h2-4,7H,5-6H2,1H3,(H,17,24)(H,20,23)(H,21,22). The molecule has 0 saturated heterocycles. The predicted molar refractivity (Wildman–Crippen MR) is 88.2 cm³/mol. The van der Waals surface area contributed by atoms with Gasteiger partial charge >= 0.3 is 0 Å². The van der Waals surface area contributed by atoms with E-state index in [2.05, 4.69) is 30.8 Å². The van der Waals surface area contributed by atoms with Crippen molar-refractivity contribution in [1.29, 1.82) is 0 Å². The molecule has 3 aromatic rings. The SMILES string of the molecule is Cc1n[nH]c2c(C(=O)NCc3ccc4c(c3)NC(=O)CO4)ncnc12. The Bertz CT molecular complexity index is 997. The molecular formula is C16H14N6O3. The highest BCUT2D eigenvalue weighted by atomic mass is 16.5. The molecule has 2 aromatic heterocycles. The van der Waals surface area contributed by atoms with Crippen LogP contribution < -0.4 is 15.4 Å². The lowest BCUT2D eigenvalue weighted by molar-refractivity contribution is -0.118. The van der Waals surface area contributed by atoms with Crippen LogP contribution in [0.3, 0.4) is 0 Å². The van der Waals surface area contributed by atoms with Crippen LogP contribution in [0.2, 0.25) is 0 Å². The molecule has 0 atom stereocenters. The Morgan fingerprint density at radius 2 is 2.24 bits per heavy atom. The zero-order chi connectivity index (χ0) is 17.4. The Morgan fingerprint density at radius 3 is 3.12 bits per heavy atom. The lowest BCUT2D eigenvalue weighted by Gasteiger charge is -2.18. The summed E-state index contributed by atoms with van der Waals surface area (Å²) in [6, 6.07) is 5.35. The molecule has 1 aliphatic heterocycles. The summed E-state index contributed by atoms with van der Waals surface area (Å²) >= 11 is 0. The molecule has 3 heterocycles. The first-order valence-electron chi connectivity index (χ1n) is 7.61. The first-order valence-corrected chi connectivity index (χ1v) is 7.61. The Hall–Kier alpha value is -3.49. The fourth-order valence-corrected chi connectivity index (χ4v) is 2.64. The van der Waals surface area contributed by atoms with Gasteiger partial charge in [0.15, 0.2) is 12.3 Å². The molecule has 126 valence electrons. The van der Waals surface area contributed by atoms with E-state index in [1.165, 1.54) is 6.33 Å². The van der Waals surface area contributed by atoms with Crippen LogP contribution >= 0.6 is 0 Å². The first-order chi connectivity index (χ1) is 12.1. The van der Waals surface area contributed by atoms with Crippen LogP contribution in [0.4, 0.5) is 5.69 Å². The van der Waals surface area contributed by atoms with Gasteiger partial charge in [0.05, 0.1) is 11.4 Å². The number of aromatic nitrogens is 4. The highest BCUT2D eigenvalue weighted by molar-refractivity contribution is 6.03. The van der Waals surface area contributed by atoms with Gasteiger partial charge in [0, 0.05) is 6.54 Å². The number of hydrogen-bond acceptors (Lipinski definition) is 6. The number of anilines is 1. The largest absolute Gasteiger partial charge is 0.482 e. The molecule has 1 aliphatic rings. The molecule has 4 rings (SSSR count). The van der Waals surface area contributed by atoms with Crippen LogP contribution in [-0.4, -0.2) is 38.6 Å². The van der Waals surface area contributed by atoms with E-state index in [4.69, 9.17) is 4.74 Å². The number of carbonyl (C=O) groups excluding carboxylic acids is 2. The van der Waals surface area contributed by atoms with Gasteiger partial charge in [-0.25, -0.2) is 9.97 Å². The van der Waals surface area contributed by atoms with Crippen LogP contribution in [0.1, 0.15) is 21.7 Å². The Balaban J connectivity index is 1.52. The van der Waals surface area contributed by atoms with Crippen molar-refractivity contribution in [2.75, 3.05) is 11.9 Å². The molecule has 9 nitrogen and oxygen atoms in total. The fraction of sp³-hybridized carbons (Fsp3) is 0.188. The number of nitrogens with zero attached hydrogens (tertiary/aromatic N) is 3. The topological polar surface area (TPSA) is 122 Å². The number of benzene rings is 1. The van der Waals surface area contributed by atoms with Crippen molar-refractivity contribution in [2.45, 2.75) is 13.5 Å². The minimum absolute atomic E-state index is 0.0103. The summed E-state index contributed by atoms with van der Waals surface area (Å²) in [6.45, 7) is 2.09. The number of hydrogen-bond donors (Lipinski definition) is 3. The van der Waals surface area contributed by atoms with Crippen LogP contribution in [0, 0.1) is 6.92 Å². The number of nitrogens with one attached hydrogen (secondary N) is 3. The Morgan fingerprint density at radius 1 is 1.36 bits per heavy atom. The second-order valence-corrected chi connectivity index (χ2v) is 5.60. The van der Waals surface area contributed by atoms with Crippen molar-refractivity contribution >= 4 is 28.5 Å². The van der Waals surface area contributed by atoms with E-state index >= 15 is 0 Å². The maximum absolute atomic E-state index is 12.4. The lowest BCUT2D eigenvalue weighted by Crippen LogP contribution is -2.26. The average Bonchev–Trinajstić information content (AvgIpc) is 3.00. The van der Waals surface area contributed by atoms with E-state index in [0.717, 1.165) is 5.56 Å². The maximum Gasteiger partial charge on any atom is 0.272 e. The summed E-state index contributed by atoms with van der Waals surface area (Å²) in [5, 5.41) is 12.4. The zero-order valence-corrected chi connectivity index (χ0v) is 13.3. The second-order valence-electron chi connectivity index (χ2n) is 5.60. The number of aromatic amines is 1. The third-order valence-electron chi connectivity index (χ3n) is 3.87. The molecule has 1 aromatic carbocycles. The normalized spacial score (nSPS) is 13.1. The van der Waals surface area contributed by atoms with E-state index in [9.17, 15) is 9.59 Å². The number of ether oxygens (including phenoxy) is 1. The number of H-pyrrole nitrogens is 1. The van der Waals surface area contributed by atoms with Gasteiger partial charge < -0.3 is 15.4 Å². The molecule has 0 radical (unpaired) electrons.